The summed E-state index contributed by atoms with van der Waals surface area (Å²) >= 11 is 0. The Morgan fingerprint density at radius 3 is 2.12 bits per heavy atom. The molecule has 2 amide bonds. The molecule has 2 aliphatic carbocycles. The summed E-state index contributed by atoms with van der Waals surface area (Å²) in [5.41, 5.74) is 3.76. The topological polar surface area (TPSA) is 105 Å². The highest BCUT2D eigenvalue weighted by Gasteiger charge is 2.38. The van der Waals surface area contributed by atoms with Crippen LogP contribution < -0.4 is 10.6 Å². The molecular formula is C25H28N2O5. The zero-order valence-corrected chi connectivity index (χ0v) is 18.3. The SMILES string of the molecule is CC(C)(CNC(=O)OCC1c2ccccc2-c2ccccc21)C(=O)NC1CC(C(=O)O)C1. The van der Waals surface area contributed by atoms with E-state index in [-0.39, 0.29) is 36.9 Å². The van der Waals surface area contributed by atoms with Gasteiger partial charge in [-0.25, -0.2) is 4.79 Å². The van der Waals surface area contributed by atoms with E-state index in [0.29, 0.717) is 12.8 Å². The Balaban J connectivity index is 1.28. The van der Waals surface area contributed by atoms with Crippen LogP contribution in [-0.4, -0.2) is 42.3 Å². The molecule has 1 fully saturated rings. The molecule has 168 valence electrons. The molecule has 0 aromatic heterocycles. The fourth-order valence-corrected chi connectivity index (χ4v) is 4.34. The predicted octanol–water partition coefficient (Wildman–Crippen LogP) is 3.53. The first-order valence-electron chi connectivity index (χ1n) is 10.9. The summed E-state index contributed by atoms with van der Waals surface area (Å²) in [4.78, 5) is 35.8. The van der Waals surface area contributed by atoms with Crippen molar-refractivity contribution in [2.75, 3.05) is 13.2 Å². The fraction of sp³-hybridized carbons (Fsp3) is 0.400. The molecule has 0 unspecified atom stereocenters. The number of carboxylic acids is 1. The molecule has 2 aliphatic rings. The number of hydrogen-bond acceptors (Lipinski definition) is 4. The van der Waals surface area contributed by atoms with Crippen LogP contribution in [-0.2, 0) is 14.3 Å². The second-order valence-corrected chi connectivity index (χ2v) is 9.24. The van der Waals surface area contributed by atoms with Crippen LogP contribution in [0, 0.1) is 11.3 Å². The van der Waals surface area contributed by atoms with Crippen molar-refractivity contribution in [3.8, 4) is 11.1 Å². The quantitative estimate of drug-likeness (QED) is 0.616. The van der Waals surface area contributed by atoms with E-state index in [2.05, 4.69) is 34.9 Å². The molecule has 0 saturated heterocycles. The second-order valence-electron chi connectivity index (χ2n) is 9.24. The lowest BCUT2D eigenvalue weighted by atomic mass is 9.79. The molecule has 0 radical (unpaired) electrons. The van der Waals surface area contributed by atoms with Crippen LogP contribution in [0.3, 0.4) is 0 Å². The van der Waals surface area contributed by atoms with Gasteiger partial charge in [0.05, 0.1) is 11.3 Å². The number of carbonyl (C=O) groups excluding carboxylic acids is 2. The lowest BCUT2D eigenvalue weighted by Crippen LogP contribution is -2.52. The Morgan fingerprint density at radius 2 is 1.56 bits per heavy atom. The zero-order chi connectivity index (χ0) is 22.9. The van der Waals surface area contributed by atoms with E-state index in [0.717, 1.165) is 22.3 Å². The number of aliphatic carboxylic acids is 1. The van der Waals surface area contributed by atoms with E-state index < -0.39 is 17.5 Å². The first-order valence-corrected chi connectivity index (χ1v) is 10.9. The molecule has 1 saturated carbocycles. The number of nitrogens with one attached hydrogen (secondary N) is 2. The van der Waals surface area contributed by atoms with Gasteiger partial charge in [0.25, 0.3) is 0 Å². The average molecular weight is 437 g/mol. The molecule has 3 N–H and O–H groups in total. The summed E-state index contributed by atoms with van der Waals surface area (Å²) in [6.07, 6.45) is 0.316. The normalized spacial score (nSPS) is 19.3. The summed E-state index contributed by atoms with van der Waals surface area (Å²) < 4.78 is 5.52. The van der Waals surface area contributed by atoms with Crippen LogP contribution in [0.5, 0.6) is 0 Å². The van der Waals surface area contributed by atoms with Gasteiger partial charge in [-0.2, -0.15) is 0 Å². The van der Waals surface area contributed by atoms with Gasteiger partial charge in [0, 0.05) is 18.5 Å². The summed E-state index contributed by atoms with van der Waals surface area (Å²) in [7, 11) is 0. The lowest BCUT2D eigenvalue weighted by molar-refractivity contribution is -0.146. The number of benzene rings is 2. The number of carboxylic acid groups (broad SMARTS) is 1. The molecule has 0 atom stereocenters. The molecule has 2 aromatic rings. The van der Waals surface area contributed by atoms with E-state index >= 15 is 0 Å². The summed E-state index contributed by atoms with van der Waals surface area (Å²) in [6, 6.07) is 16.1. The Labute approximate surface area is 187 Å². The summed E-state index contributed by atoms with van der Waals surface area (Å²) in [6.45, 7) is 3.80. The average Bonchev–Trinajstić information content (AvgIpc) is 3.06. The molecule has 32 heavy (non-hydrogen) atoms. The third-order valence-electron chi connectivity index (χ3n) is 6.46. The van der Waals surface area contributed by atoms with Gasteiger partial charge < -0.3 is 20.5 Å². The van der Waals surface area contributed by atoms with Gasteiger partial charge in [0.2, 0.25) is 5.91 Å². The maximum atomic E-state index is 12.5. The van der Waals surface area contributed by atoms with E-state index in [4.69, 9.17) is 9.84 Å². The smallest absolute Gasteiger partial charge is 0.407 e. The Morgan fingerprint density at radius 1 is 1.00 bits per heavy atom. The van der Waals surface area contributed by atoms with Gasteiger partial charge in [0.1, 0.15) is 6.61 Å². The minimum atomic E-state index is -0.847. The van der Waals surface area contributed by atoms with Crippen LogP contribution >= 0.6 is 0 Å². The monoisotopic (exact) mass is 436 g/mol. The Hall–Kier alpha value is -3.35. The highest BCUT2D eigenvalue weighted by Crippen LogP contribution is 2.44. The summed E-state index contributed by atoms with van der Waals surface area (Å²) in [5.74, 6) is -1.45. The van der Waals surface area contributed by atoms with Crippen LogP contribution in [0.2, 0.25) is 0 Å². The van der Waals surface area contributed by atoms with Crippen LogP contribution in [0.15, 0.2) is 48.5 Å². The van der Waals surface area contributed by atoms with Gasteiger partial charge in [-0.05, 0) is 48.9 Å². The van der Waals surface area contributed by atoms with Gasteiger partial charge >= 0.3 is 12.1 Å². The van der Waals surface area contributed by atoms with Crippen LogP contribution in [0.4, 0.5) is 4.79 Å². The summed E-state index contributed by atoms with van der Waals surface area (Å²) in [5, 5.41) is 14.5. The zero-order valence-electron chi connectivity index (χ0n) is 18.3. The van der Waals surface area contributed by atoms with Crippen molar-refractivity contribution in [3.63, 3.8) is 0 Å². The van der Waals surface area contributed by atoms with E-state index in [1.807, 2.05) is 24.3 Å². The number of alkyl carbamates (subject to hydrolysis) is 1. The first-order chi connectivity index (χ1) is 15.3. The van der Waals surface area contributed by atoms with Crippen molar-refractivity contribution >= 4 is 18.0 Å². The van der Waals surface area contributed by atoms with Gasteiger partial charge in [-0.3, -0.25) is 9.59 Å². The highest BCUT2D eigenvalue weighted by atomic mass is 16.5. The van der Waals surface area contributed by atoms with Crippen LogP contribution in [0.25, 0.3) is 11.1 Å². The van der Waals surface area contributed by atoms with Gasteiger partial charge in [-0.15, -0.1) is 0 Å². The largest absolute Gasteiger partial charge is 0.481 e. The van der Waals surface area contributed by atoms with Crippen molar-refractivity contribution in [3.05, 3.63) is 59.7 Å². The molecular weight excluding hydrogens is 408 g/mol. The maximum absolute atomic E-state index is 12.5. The third-order valence-corrected chi connectivity index (χ3v) is 6.46. The van der Waals surface area contributed by atoms with Crippen LogP contribution in [0.1, 0.15) is 43.7 Å². The highest BCUT2D eigenvalue weighted by molar-refractivity contribution is 5.83. The lowest BCUT2D eigenvalue weighted by Gasteiger charge is -2.35. The number of rotatable bonds is 7. The molecule has 4 rings (SSSR count). The standard InChI is InChI=1S/C25H28N2O5/c1-25(2,23(30)27-16-11-15(12-16)22(28)29)14-26-24(31)32-13-21-19-9-5-3-7-17(19)18-8-4-6-10-20(18)21/h3-10,15-16,21H,11-14H2,1-2H3,(H,26,31)(H,27,30)(H,28,29). The second kappa shape index (κ2) is 8.65. The number of fused-ring (bicyclic) bond motifs is 3. The van der Waals surface area contributed by atoms with Gasteiger partial charge in [0.15, 0.2) is 0 Å². The molecule has 0 heterocycles. The predicted molar refractivity (Wildman–Crippen MR) is 119 cm³/mol. The fourth-order valence-electron chi connectivity index (χ4n) is 4.34. The molecule has 0 aliphatic heterocycles. The first kappa shape index (κ1) is 21.9. The number of hydrogen-bond donors (Lipinski definition) is 3. The molecule has 2 aromatic carbocycles. The van der Waals surface area contributed by atoms with Crippen molar-refractivity contribution < 1.29 is 24.2 Å². The third kappa shape index (κ3) is 4.33. The van der Waals surface area contributed by atoms with Gasteiger partial charge in [-0.1, -0.05) is 48.5 Å². The Kier molecular flexibility index (Phi) is 5.91. The Bertz CT molecular complexity index is 997. The van der Waals surface area contributed by atoms with Crippen molar-refractivity contribution in [1.82, 2.24) is 10.6 Å². The van der Waals surface area contributed by atoms with E-state index in [9.17, 15) is 14.4 Å². The number of ether oxygens (including phenoxy) is 1. The van der Waals surface area contributed by atoms with Crippen molar-refractivity contribution in [2.24, 2.45) is 11.3 Å². The number of carbonyl (C=O) groups is 3. The molecule has 0 spiro atoms. The number of amides is 2. The van der Waals surface area contributed by atoms with Crippen molar-refractivity contribution in [1.29, 1.82) is 0 Å². The van der Waals surface area contributed by atoms with E-state index in [1.165, 1.54) is 0 Å². The molecule has 0 bridgehead atoms. The molecule has 7 heteroatoms. The van der Waals surface area contributed by atoms with E-state index in [1.54, 1.807) is 13.8 Å². The maximum Gasteiger partial charge on any atom is 0.407 e. The minimum Gasteiger partial charge on any atom is -0.481 e. The van der Waals surface area contributed by atoms with Crippen molar-refractivity contribution in [2.45, 2.75) is 38.6 Å². The molecule has 7 nitrogen and oxygen atoms in total. The minimum absolute atomic E-state index is 0.0229.